The van der Waals surface area contributed by atoms with Crippen LogP contribution in [0.15, 0.2) is 0 Å². The first-order valence-electron chi connectivity index (χ1n) is 7.33. The molecule has 1 rings (SSSR count). The van der Waals surface area contributed by atoms with Crippen LogP contribution in [-0.2, 0) is 4.79 Å². The van der Waals surface area contributed by atoms with Crippen LogP contribution in [0.3, 0.4) is 0 Å². The van der Waals surface area contributed by atoms with Gasteiger partial charge in [0.25, 0.3) is 0 Å². The number of hydrogen-bond acceptors (Lipinski definition) is 3. The van der Waals surface area contributed by atoms with E-state index in [9.17, 15) is 4.79 Å². The van der Waals surface area contributed by atoms with Crippen molar-refractivity contribution >= 4 is 5.91 Å². The Balaban J connectivity index is 2.24. The third-order valence-corrected chi connectivity index (χ3v) is 4.06. The quantitative estimate of drug-likeness (QED) is 0.719. The summed E-state index contributed by atoms with van der Waals surface area (Å²) in [6, 6.07) is 0. The molecule has 4 nitrogen and oxygen atoms in total. The standard InChI is InChI=1S/C14H29N3O/c1-3-17(2)10-9-16-14(18)13-6-4-5-12(11-13)7-8-15/h12-13H,3-11,15H2,1-2H3,(H,16,18). The minimum absolute atomic E-state index is 0.224. The van der Waals surface area contributed by atoms with Gasteiger partial charge in [0.15, 0.2) is 0 Å². The highest BCUT2D eigenvalue weighted by atomic mass is 16.1. The molecule has 1 aliphatic carbocycles. The average molecular weight is 255 g/mol. The van der Waals surface area contributed by atoms with E-state index >= 15 is 0 Å². The molecule has 106 valence electrons. The first kappa shape index (κ1) is 15.4. The van der Waals surface area contributed by atoms with Gasteiger partial charge in [-0.25, -0.2) is 0 Å². The molecule has 1 saturated carbocycles. The average Bonchev–Trinajstić information content (AvgIpc) is 2.39. The fourth-order valence-electron chi connectivity index (χ4n) is 2.70. The monoisotopic (exact) mass is 255 g/mol. The largest absolute Gasteiger partial charge is 0.355 e. The van der Waals surface area contributed by atoms with Gasteiger partial charge in [-0.3, -0.25) is 4.79 Å². The molecule has 0 saturated heterocycles. The number of nitrogens with one attached hydrogen (secondary N) is 1. The summed E-state index contributed by atoms with van der Waals surface area (Å²) in [7, 11) is 2.07. The Kier molecular flexibility index (Phi) is 7.28. The molecule has 0 aromatic rings. The zero-order valence-electron chi connectivity index (χ0n) is 12.0. The van der Waals surface area contributed by atoms with E-state index in [4.69, 9.17) is 5.73 Å². The van der Waals surface area contributed by atoms with Crippen LogP contribution in [0.5, 0.6) is 0 Å². The van der Waals surface area contributed by atoms with Gasteiger partial charge in [0.1, 0.15) is 0 Å². The topological polar surface area (TPSA) is 58.4 Å². The number of hydrogen-bond donors (Lipinski definition) is 2. The van der Waals surface area contributed by atoms with Gasteiger partial charge in [-0.15, -0.1) is 0 Å². The van der Waals surface area contributed by atoms with Gasteiger partial charge < -0.3 is 16.0 Å². The first-order chi connectivity index (χ1) is 8.67. The highest BCUT2D eigenvalue weighted by Crippen LogP contribution is 2.30. The Bertz CT molecular complexity index is 243. The molecule has 0 bridgehead atoms. The van der Waals surface area contributed by atoms with Crippen LogP contribution in [0.2, 0.25) is 0 Å². The Morgan fingerprint density at radius 1 is 1.44 bits per heavy atom. The number of nitrogens with two attached hydrogens (primary N) is 1. The molecule has 0 aliphatic heterocycles. The number of carbonyl (C=O) groups is 1. The van der Waals surface area contributed by atoms with Gasteiger partial charge in [-0.05, 0) is 45.3 Å². The molecule has 1 fully saturated rings. The van der Waals surface area contributed by atoms with Crippen LogP contribution in [0.1, 0.15) is 39.0 Å². The zero-order valence-corrected chi connectivity index (χ0v) is 12.0. The molecular formula is C14H29N3O. The predicted octanol–water partition coefficient (Wildman–Crippen LogP) is 1.21. The van der Waals surface area contributed by atoms with E-state index in [-0.39, 0.29) is 11.8 Å². The highest BCUT2D eigenvalue weighted by Gasteiger charge is 2.26. The lowest BCUT2D eigenvalue weighted by molar-refractivity contribution is -0.126. The van der Waals surface area contributed by atoms with Crippen molar-refractivity contribution in [1.82, 2.24) is 10.2 Å². The molecular weight excluding hydrogens is 226 g/mol. The lowest BCUT2D eigenvalue weighted by atomic mass is 9.79. The van der Waals surface area contributed by atoms with Crippen LogP contribution >= 0.6 is 0 Å². The van der Waals surface area contributed by atoms with Gasteiger partial charge in [-0.1, -0.05) is 19.8 Å². The number of rotatable bonds is 7. The molecule has 2 unspecified atom stereocenters. The van der Waals surface area contributed by atoms with Crippen molar-refractivity contribution < 1.29 is 4.79 Å². The molecule has 18 heavy (non-hydrogen) atoms. The van der Waals surface area contributed by atoms with Crippen molar-refractivity contribution in [3.05, 3.63) is 0 Å². The maximum atomic E-state index is 12.1. The lowest BCUT2D eigenvalue weighted by Crippen LogP contribution is -2.38. The molecule has 0 spiro atoms. The first-order valence-corrected chi connectivity index (χ1v) is 7.33. The molecule has 1 aliphatic rings. The van der Waals surface area contributed by atoms with E-state index < -0.39 is 0 Å². The fraction of sp³-hybridized carbons (Fsp3) is 0.929. The second-order valence-electron chi connectivity index (χ2n) is 5.49. The smallest absolute Gasteiger partial charge is 0.223 e. The maximum Gasteiger partial charge on any atom is 0.223 e. The molecule has 0 aromatic heterocycles. The van der Waals surface area contributed by atoms with Crippen LogP contribution in [0.25, 0.3) is 0 Å². The number of nitrogens with zero attached hydrogens (tertiary/aromatic N) is 1. The molecule has 3 N–H and O–H groups in total. The van der Waals surface area contributed by atoms with E-state index in [0.717, 1.165) is 45.4 Å². The van der Waals surface area contributed by atoms with Crippen LogP contribution < -0.4 is 11.1 Å². The van der Waals surface area contributed by atoms with Gasteiger partial charge in [0, 0.05) is 19.0 Å². The lowest BCUT2D eigenvalue weighted by Gasteiger charge is -2.28. The van der Waals surface area contributed by atoms with Crippen molar-refractivity contribution in [2.45, 2.75) is 39.0 Å². The Labute approximate surface area is 111 Å². The summed E-state index contributed by atoms with van der Waals surface area (Å²) < 4.78 is 0. The molecule has 0 heterocycles. The SMILES string of the molecule is CCN(C)CCNC(=O)C1CCCC(CCN)C1. The van der Waals surface area contributed by atoms with E-state index in [1.165, 1.54) is 12.8 Å². The maximum absolute atomic E-state index is 12.1. The summed E-state index contributed by atoms with van der Waals surface area (Å²) >= 11 is 0. The van der Waals surface area contributed by atoms with Gasteiger partial charge in [-0.2, -0.15) is 0 Å². The number of amides is 1. The van der Waals surface area contributed by atoms with Crippen molar-refractivity contribution in [3.63, 3.8) is 0 Å². The van der Waals surface area contributed by atoms with Gasteiger partial charge >= 0.3 is 0 Å². The second kappa shape index (κ2) is 8.48. The number of likely N-dealkylation sites (N-methyl/N-ethyl adjacent to an activating group) is 1. The summed E-state index contributed by atoms with van der Waals surface area (Å²) in [6.07, 6.45) is 5.59. The minimum atomic E-state index is 0.224. The van der Waals surface area contributed by atoms with Gasteiger partial charge in [0.05, 0.1) is 0 Å². The molecule has 0 aromatic carbocycles. The number of carbonyl (C=O) groups excluding carboxylic acids is 1. The van der Waals surface area contributed by atoms with Crippen LogP contribution in [0.4, 0.5) is 0 Å². The van der Waals surface area contributed by atoms with Gasteiger partial charge in [0.2, 0.25) is 5.91 Å². The van der Waals surface area contributed by atoms with E-state index in [2.05, 4.69) is 24.2 Å². The van der Waals surface area contributed by atoms with E-state index in [1.807, 2.05) is 0 Å². The summed E-state index contributed by atoms with van der Waals surface area (Å²) in [6.45, 7) is 5.60. The van der Waals surface area contributed by atoms with Crippen LogP contribution in [0, 0.1) is 11.8 Å². The fourth-order valence-corrected chi connectivity index (χ4v) is 2.70. The van der Waals surface area contributed by atoms with Crippen molar-refractivity contribution in [1.29, 1.82) is 0 Å². The highest BCUT2D eigenvalue weighted by molar-refractivity contribution is 5.78. The zero-order chi connectivity index (χ0) is 13.4. The van der Waals surface area contributed by atoms with Crippen LogP contribution in [-0.4, -0.2) is 44.0 Å². The molecule has 1 amide bonds. The minimum Gasteiger partial charge on any atom is -0.355 e. The third-order valence-electron chi connectivity index (χ3n) is 4.06. The molecule has 4 heteroatoms. The van der Waals surface area contributed by atoms with Crippen molar-refractivity contribution in [3.8, 4) is 0 Å². The predicted molar refractivity (Wildman–Crippen MR) is 75.3 cm³/mol. The Hall–Kier alpha value is -0.610. The van der Waals surface area contributed by atoms with E-state index in [0.29, 0.717) is 5.92 Å². The second-order valence-corrected chi connectivity index (χ2v) is 5.49. The summed E-state index contributed by atoms with van der Waals surface area (Å²) in [5.41, 5.74) is 5.60. The normalized spacial score (nSPS) is 24.2. The van der Waals surface area contributed by atoms with Crippen molar-refractivity contribution in [2.75, 3.05) is 33.2 Å². The van der Waals surface area contributed by atoms with Crippen molar-refractivity contribution in [2.24, 2.45) is 17.6 Å². The summed E-state index contributed by atoms with van der Waals surface area (Å²) in [5.74, 6) is 1.14. The van der Waals surface area contributed by atoms with E-state index in [1.54, 1.807) is 0 Å². The Morgan fingerprint density at radius 2 is 2.22 bits per heavy atom. The summed E-state index contributed by atoms with van der Waals surface area (Å²) in [4.78, 5) is 14.3. The summed E-state index contributed by atoms with van der Waals surface area (Å²) in [5, 5.41) is 3.07. The molecule has 2 atom stereocenters. The Morgan fingerprint density at radius 3 is 2.89 bits per heavy atom. The third kappa shape index (κ3) is 5.36. The molecule has 0 radical (unpaired) electrons.